The maximum atomic E-state index is 6.03. The van der Waals surface area contributed by atoms with E-state index in [1.54, 1.807) is 0 Å². The summed E-state index contributed by atoms with van der Waals surface area (Å²) in [7, 11) is 0. The van der Waals surface area contributed by atoms with Crippen LogP contribution in [0, 0.1) is 0 Å². The standard InChI is InChI=1S/C41H29NOS/c1-40(2)29-11-3-5-13-31(29)41(32-14-6-4-12-30(32)40)33-15-7-10-18-37(33)44-38-25-28(23-24-34(38)41)26-19-21-27(22-20-26)39-42-35-16-8-9-17-36(35)43-39/h3-25H,1-2H3. The van der Waals surface area contributed by atoms with Crippen LogP contribution in [0.2, 0.25) is 0 Å². The molecule has 1 aliphatic carbocycles. The second-order valence-corrected chi connectivity index (χ2v) is 13.4. The molecule has 6 aromatic carbocycles. The summed E-state index contributed by atoms with van der Waals surface area (Å²) in [5.74, 6) is 0.648. The van der Waals surface area contributed by atoms with E-state index < -0.39 is 5.41 Å². The van der Waals surface area contributed by atoms with Crippen LogP contribution in [-0.2, 0) is 10.8 Å². The van der Waals surface area contributed by atoms with Crippen LogP contribution >= 0.6 is 11.8 Å². The summed E-state index contributed by atoms with van der Waals surface area (Å²) < 4.78 is 6.03. The van der Waals surface area contributed by atoms with E-state index in [0.717, 1.165) is 16.7 Å². The summed E-state index contributed by atoms with van der Waals surface area (Å²) >= 11 is 1.89. The maximum Gasteiger partial charge on any atom is 0.227 e. The molecular formula is C41H29NOS. The highest BCUT2D eigenvalue weighted by atomic mass is 32.2. The fraction of sp³-hybridized carbons (Fsp3) is 0.0976. The highest BCUT2D eigenvalue weighted by molar-refractivity contribution is 7.99. The molecule has 9 rings (SSSR count). The molecule has 3 heteroatoms. The SMILES string of the molecule is CC1(C)c2ccccc2C2(c3ccccc3Sc3cc(-c4ccc(-c5nc6ccccc6o5)cc4)ccc32)c2ccccc21. The summed E-state index contributed by atoms with van der Waals surface area (Å²) in [4.78, 5) is 7.30. The van der Waals surface area contributed by atoms with Crippen molar-refractivity contribution in [2.24, 2.45) is 0 Å². The van der Waals surface area contributed by atoms with Crippen LogP contribution in [-0.4, -0.2) is 4.98 Å². The number of para-hydroxylation sites is 2. The molecule has 210 valence electrons. The number of nitrogens with zero attached hydrogens (tertiary/aromatic N) is 1. The van der Waals surface area contributed by atoms with Gasteiger partial charge in [0.25, 0.3) is 0 Å². The highest BCUT2D eigenvalue weighted by Crippen LogP contribution is 2.61. The van der Waals surface area contributed by atoms with E-state index in [1.807, 2.05) is 36.0 Å². The maximum absolute atomic E-state index is 6.03. The predicted octanol–water partition coefficient (Wildman–Crippen LogP) is 10.6. The van der Waals surface area contributed by atoms with Crippen molar-refractivity contribution in [3.63, 3.8) is 0 Å². The van der Waals surface area contributed by atoms with Gasteiger partial charge in [-0.2, -0.15) is 0 Å². The lowest BCUT2D eigenvalue weighted by molar-refractivity contribution is 0.549. The highest BCUT2D eigenvalue weighted by Gasteiger charge is 2.51. The first kappa shape index (κ1) is 25.6. The van der Waals surface area contributed by atoms with E-state index in [0.29, 0.717) is 5.89 Å². The van der Waals surface area contributed by atoms with Gasteiger partial charge in [-0.3, -0.25) is 0 Å². The van der Waals surface area contributed by atoms with E-state index in [9.17, 15) is 0 Å². The van der Waals surface area contributed by atoms with Crippen molar-refractivity contribution >= 4 is 22.9 Å². The first-order valence-electron chi connectivity index (χ1n) is 15.1. The minimum atomic E-state index is -0.394. The summed E-state index contributed by atoms with van der Waals surface area (Å²) in [5, 5.41) is 0. The fourth-order valence-electron chi connectivity index (χ4n) is 7.61. The second kappa shape index (κ2) is 9.32. The van der Waals surface area contributed by atoms with Gasteiger partial charge in [-0.15, -0.1) is 0 Å². The number of oxazole rings is 1. The van der Waals surface area contributed by atoms with E-state index in [4.69, 9.17) is 4.42 Å². The molecule has 0 unspecified atom stereocenters. The molecule has 7 aromatic rings. The van der Waals surface area contributed by atoms with E-state index in [2.05, 4.69) is 134 Å². The van der Waals surface area contributed by atoms with Crippen LogP contribution in [0.5, 0.6) is 0 Å². The Morgan fingerprint density at radius 3 is 1.75 bits per heavy atom. The Bertz CT molecular complexity index is 2160. The second-order valence-electron chi connectivity index (χ2n) is 12.3. The minimum Gasteiger partial charge on any atom is -0.436 e. The summed E-state index contributed by atoms with van der Waals surface area (Å²) in [6.07, 6.45) is 0. The molecule has 44 heavy (non-hydrogen) atoms. The van der Waals surface area contributed by atoms with Crippen LogP contribution in [0.15, 0.2) is 154 Å². The first-order valence-corrected chi connectivity index (χ1v) is 15.9. The Labute approximate surface area is 261 Å². The Morgan fingerprint density at radius 1 is 0.500 bits per heavy atom. The topological polar surface area (TPSA) is 26.0 Å². The molecule has 0 atom stereocenters. The van der Waals surface area contributed by atoms with E-state index in [-0.39, 0.29) is 5.41 Å². The fourth-order valence-corrected chi connectivity index (χ4v) is 8.84. The summed E-state index contributed by atoms with van der Waals surface area (Å²) in [6.45, 7) is 4.74. The van der Waals surface area contributed by atoms with Gasteiger partial charge >= 0.3 is 0 Å². The molecule has 0 saturated carbocycles. The molecule has 0 fully saturated rings. The molecule has 1 spiro atoms. The molecule has 0 N–H and O–H groups in total. The van der Waals surface area contributed by atoms with Gasteiger partial charge in [0.1, 0.15) is 5.52 Å². The number of aromatic nitrogens is 1. The lowest BCUT2D eigenvalue weighted by Gasteiger charge is -2.50. The Kier molecular flexibility index (Phi) is 5.43. The number of benzene rings is 6. The minimum absolute atomic E-state index is 0.103. The largest absolute Gasteiger partial charge is 0.436 e. The van der Waals surface area contributed by atoms with Crippen molar-refractivity contribution in [1.82, 2.24) is 4.98 Å². The van der Waals surface area contributed by atoms with Crippen LogP contribution in [0.3, 0.4) is 0 Å². The third-order valence-corrected chi connectivity index (χ3v) is 10.8. The number of fused-ring (bicyclic) bond motifs is 9. The van der Waals surface area contributed by atoms with Crippen molar-refractivity contribution in [1.29, 1.82) is 0 Å². The van der Waals surface area contributed by atoms with Gasteiger partial charge < -0.3 is 4.42 Å². The van der Waals surface area contributed by atoms with Gasteiger partial charge in [-0.05, 0) is 80.9 Å². The van der Waals surface area contributed by atoms with Crippen molar-refractivity contribution in [3.8, 4) is 22.6 Å². The van der Waals surface area contributed by atoms with Crippen molar-refractivity contribution < 1.29 is 4.42 Å². The van der Waals surface area contributed by atoms with Gasteiger partial charge in [0.2, 0.25) is 5.89 Å². The Balaban J connectivity index is 1.23. The van der Waals surface area contributed by atoms with Crippen molar-refractivity contribution in [2.75, 3.05) is 0 Å². The van der Waals surface area contributed by atoms with Crippen LogP contribution < -0.4 is 0 Å². The molecule has 2 heterocycles. The number of rotatable bonds is 2. The van der Waals surface area contributed by atoms with Gasteiger partial charge in [0.05, 0.1) is 5.41 Å². The molecule has 0 radical (unpaired) electrons. The summed E-state index contributed by atoms with van der Waals surface area (Å²) in [6, 6.07) is 50.8. The first-order chi connectivity index (χ1) is 21.5. The molecule has 1 aromatic heterocycles. The van der Waals surface area contributed by atoms with E-state index >= 15 is 0 Å². The lowest BCUT2D eigenvalue weighted by atomic mass is 9.54. The van der Waals surface area contributed by atoms with Crippen LogP contribution in [0.4, 0.5) is 0 Å². The Hall–Kier alpha value is -4.86. The molecule has 1 aliphatic heterocycles. The van der Waals surface area contributed by atoms with Gasteiger partial charge in [-0.1, -0.05) is 129 Å². The molecule has 0 bridgehead atoms. The van der Waals surface area contributed by atoms with E-state index in [1.165, 1.54) is 54.3 Å². The molecule has 2 nitrogen and oxygen atoms in total. The normalized spacial score (nSPS) is 15.3. The van der Waals surface area contributed by atoms with Crippen molar-refractivity contribution in [2.45, 2.75) is 34.5 Å². The molecule has 0 amide bonds. The zero-order valence-electron chi connectivity index (χ0n) is 24.5. The number of hydrogen-bond donors (Lipinski definition) is 0. The van der Waals surface area contributed by atoms with Gasteiger partial charge in [0, 0.05) is 20.8 Å². The zero-order valence-corrected chi connectivity index (χ0v) is 25.4. The average molecular weight is 584 g/mol. The van der Waals surface area contributed by atoms with Crippen molar-refractivity contribution in [3.05, 3.63) is 173 Å². The van der Waals surface area contributed by atoms with Gasteiger partial charge in [-0.25, -0.2) is 4.98 Å². The van der Waals surface area contributed by atoms with Crippen LogP contribution in [0.25, 0.3) is 33.7 Å². The smallest absolute Gasteiger partial charge is 0.227 e. The Morgan fingerprint density at radius 2 is 1.05 bits per heavy atom. The summed E-state index contributed by atoms with van der Waals surface area (Å²) in [5.41, 5.74) is 12.8. The molecular weight excluding hydrogens is 555 g/mol. The monoisotopic (exact) mass is 583 g/mol. The third kappa shape index (κ3) is 3.48. The predicted molar refractivity (Wildman–Crippen MR) is 179 cm³/mol. The number of hydrogen-bond acceptors (Lipinski definition) is 3. The molecule has 0 saturated heterocycles. The quantitative estimate of drug-likeness (QED) is 0.202. The average Bonchev–Trinajstić information content (AvgIpc) is 3.51. The van der Waals surface area contributed by atoms with Crippen LogP contribution in [0.1, 0.15) is 47.2 Å². The molecule has 2 aliphatic rings. The lowest BCUT2D eigenvalue weighted by Crippen LogP contribution is -2.43. The third-order valence-electron chi connectivity index (χ3n) is 9.66. The zero-order chi connectivity index (χ0) is 29.5. The van der Waals surface area contributed by atoms with Gasteiger partial charge in [0.15, 0.2) is 5.58 Å².